The van der Waals surface area contributed by atoms with Crippen LogP contribution < -0.4 is 10.1 Å². The molecule has 0 aliphatic heterocycles. The van der Waals surface area contributed by atoms with Crippen molar-refractivity contribution in [3.63, 3.8) is 0 Å². The Bertz CT molecular complexity index is 496. The van der Waals surface area contributed by atoms with Gasteiger partial charge >= 0.3 is 0 Å². The number of pyridine rings is 1. The van der Waals surface area contributed by atoms with Gasteiger partial charge in [-0.2, -0.15) is 0 Å². The van der Waals surface area contributed by atoms with Crippen LogP contribution in [0.5, 0.6) is 5.88 Å². The predicted octanol–water partition coefficient (Wildman–Crippen LogP) is 2.41. The molecule has 2 unspecified atom stereocenters. The molecule has 0 saturated heterocycles. The number of ether oxygens (including phenoxy) is 1. The molecule has 5 nitrogen and oxygen atoms in total. The third kappa shape index (κ3) is 4.08. The van der Waals surface area contributed by atoms with Crippen LogP contribution in [0.4, 0.5) is 0 Å². The molecule has 0 aromatic carbocycles. The third-order valence-electron chi connectivity index (χ3n) is 3.81. The van der Waals surface area contributed by atoms with Gasteiger partial charge in [-0.25, -0.2) is 4.98 Å². The molecule has 1 fully saturated rings. The minimum atomic E-state index is -0.210. The Kier molecular flexibility index (Phi) is 5.82. The van der Waals surface area contributed by atoms with Crippen LogP contribution in [0.2, 0.25) is 5.02 Å². The summed E-state index contributed by atoms with van der Waals surface area (Å²) in [5.74, 6) is 0.258. The van der Waals surface area contributed by atoms with Gasteiger partial charge in [0.1, 0.15) is 5.02 Å². The van der Waals surface area contributed by atoms with Crippen molar-refractivity contribution in [1.29, 1.82) is 0 Å². The highest BCUT2D eigenvalue weighted by Gasteiger charge is 2.26. The minimum Gasteiger partial charge on any atom is -0.477 e. The zero-order valence-electron chi connectivity index (χ0n) is 12.1. The van der Waals surface area contributed by atoms with Crippen LogP contribution in [0.1, 0.15) is 43.0 Å². The molecule has 1 aromatic heterocycles. The molecule has 1 saturated carbocycles. The Balaban J connectivity index is 2.04. The van der Waals surface area contributed by atoms with E-state index in [-0.39, 0.29) is 24.5 Å². The number of aliphatic hydroxyl groups is 1. The Hall–Kier alpha value is -1.33. The van der Waals surface area contributed by atoms with Gasteiger partial charge in [0.15, 0.2) is 0 Å². The largest absolute Gasteiger partial charge is 0.477 e. The number of aromatic nitrogens is 1. The molecule has 2 atom stereocenters. The first-order valence-corrected chi connectivity index (χ1v) is 7.73. The number of halogens is 1. The second-order valence-electron chi connectivity index (χ2n) is 5.25. The normalized spacial score (nSPS) is 21.9. The Morgan fingerprint density at radius 3 is 2.95 bits per heavy atom. The van der Waals surface area contributed by atoms with Crippen molar-refractivity contribution in [3.8, 4) is 5.88 Å². The molecular formula is C15H21ClN2O3. The molecule has 116 valence electrons. The van der Waals surface area contributed by atoms with E-state index in [9.17, 15) is 9.90 Å². The van der Waals surface area contributed by atoms with Gasteiger partial charge in [0.2, 0.25) is 5.88 Å². The van der Waals surface area contributed by atoms with Crippen molar-refractivity contribution in [2.24, 2.45) is 5.92 Å². The van der Waals surface area contributed by atoms with Crippen LogP contribution in [0.3, 0.4) is 0 Å². The fraction of sp³-hybridized carbons (Fsp3) is 0.600. The van der Waals surface area contributed by atoms with E-state index in [0.717, 1.165) is 25.7 Å². The highest BCUT2D eigenvalue weighted by Crippen LogP contribution is 2.25. The predicted molar refractivity (Wildman–Crippen MR) is 80.7 cm³/mol. The SMILES string of the molecule is CCOc1ncc(C(=O)NC2CCCCC2CO)cc1Cl. The van der Waals surface area contributed by atoms with Gasteiger partial charge in [0.05, 0.1) is 12.2 Å². The molecule has 0 spiro atoms. The van der Waals surface area contributed by atoms with Crippen molar-refractivity contribution in [2.75, 3.05) is 13.2 Å². The summed E-state index contributed by atoms with van der Waals surface area (Å²) in [4.78, 5) is 16.3. The van der Waals surface area contributed by atoms with Crippen molar-refractivity contribution in [1.82, 2.24) is 10.3 Å². The number of nitrogens with one attached hydrogen (secondary N) is 1. The van der Waals surface area contributed by atoms with Gasteiger partial charge in [0, 0.05) is 24.8 Å². The van der Waals surface area contributed by atoms with Crippen molar-refractivity contribution >= 4 is 17.5 Å². The zero-order valence-corrected chi connectivity index (χ0v) is 12.9. The van der Waals surface area contributed by atoms with Crippen LogP contribution >= 0.6 is 11.6 Å². The maximum atomic E-state index is 12.3. The number of aliphatic hydroxyl groups excluding tert-OH is 1. The molecule has 0 bridgehead atoms. The van der Waals surface area contributed by atoms with Gasteiger partial charge in [-0.3, -0.25) is 4.79 Å². The van der Waals surface area contributed by atoms with E-state index in [1.807, 2.05) is 6.92 Å². The molecule has 2 N–H and O–H groups in total. The summed E-state index contributed by atoms with van der Waals surface area (Å²) >= 11 is 6.04. The first-order chi connectivity index (χ1) is 10.2. The smallest absolute Gasteiger partial charge is 0.253 e. The molecule has 1 aliphatic carbocycles. The molecule has 0 radical (unpaired) electrons. The van der Waals surface area contributed by atoms with E-state index in [2.05, 4.69) is 10.3 Å². The monoisotopic (exact) mass is 312 g/mol. The average Bonchev–Trinajstić information content (AvgIpc) is 2.50. The summed E-state index contributed by atoms with van der Waals surface area (Å²) in [6.45, 7) is 2.42. The number of amides is 1. The molecule has 1 heterocycles. The number of hydrogen-bond donors (Lipinski definition) is 2. The number of rotatable bonds is 5. The lowest BCUT2D eigenvalue weighted by atomic mass is 9.85. The second-order valence-corrected chi connectivity index (χ2v) is 5.66. The first-order valence-electron chi connectivity index (χ1n) is 7.35. The minimum absolute atomic E-state index is 0.0154. The van der Waals surface area contributed by atoms with E-state index >= 15 is 0 Å². The van der Waals surface area contributed by atoms with Crippen molar-refractivity contribution < 1.29 is 14.6 Å². The number of carbonyl (C=O) groups is 1. The Morgan fingerprint density at radius 1 is 1.52 bits per heavy atom. The first kappa shape index (κ1) is 16.0. The number of nitrogens with zero attached hydrogens (tertiary/aromatic N) is 1. The van der Waals surface area contributed by atoms with Gasteiger partial charge in [-0.15, -0.1) is 0 Å². The van der Waals surface area contributed by atoms with Crippen LogP contribution in [0, 0.1) is 5.92 Å². The van der Waals surface area contributed by atoms with Crippen molar-refractivity contribution in [3.05, 3.63) is 22.8 Å². The lowest BCUT2D eigenvalue weighted by Gasteiger charge is -2.30. The maximum Gasteiger partial charge on any atom is 0.253 e. The highest BCUT2D eigenvalue weighted by molar-refractivity contribution is 6.32. The highest BCUT2D eigenvalue weighted by atomic mass is 35.5. The second kappa shape index (κ2) is 7.61. The fourth-order valence-electron chi connectivity index (χ4n) is 2.66. The molecule has 1 aliphatic rings. The van der Waals surface area contributed by atoms with E-state index in [0.29, 0.717) is 23.1 Å². The summed E-state index contributed by atoms with van der Waals surface area (Å²) in [7, 11) is 0. The Morgan fingerprint density at radius 2 is 2.29 bits per heavy atom. The van der Waals surface area contributed by atoms with Gasteiger partial charge in [-0.05, 0) is 25.8 Å². The summed E-state index contributed by atoms with van der Waals surface area (Å²) in [6, 6.07) is 1.58. The Labute approximate surface area is 129 Å². The van der Waals surface area contributed by atoms with E-state index in [4.69, 9.17) is 16.3 Å². The van der Waals surface area contributed by atoms with Crippen molar-refractivity contribution in [2.45, 2.75) is 38.6 Å². The van der Waals surface area contributed by atoms with E-state index in [1.54, 1.807) is 6.07 Å². The van der Waals surface area contributed by atoms with E-state index in [1.165, 1.54) is 6.20 Å². The van der Waals surface area contributed by atoms with Crippen LogP contribution in [0.15, 0.2) is 12.3 Å². The van der Waals surface area contributed by atoms with E-state index < -0.39 is 0 Å². The molecule has 6 heteroatoms. The van der Waals surface area contributed by atoms with Gasteiger partial charge in [0.25, 0.3) is 5.91 Å². The summed E-state index contributed by atoms with van der Waals surface area (Å²) in [5, 5.41) is 12.7. The third-order valence-corrected chi connectivity index (χ3v) is 4.08. The van der Waals surface area contributed by atoms with Crippen LogP contribution in [-0.2, 0) is 0 Å². The van der Waals surface area contributed by atoms with Crippen LogP contribution in [-0.4, -0.2) is 35.3 Å². The molecule has 1 amide bonds. The quantitative estimate of drug-likeness (QED) is 0.876. The van der Waals surface area contributed by atoms with Gasteiger partial charge < -0.3 is 15.2 Å². The molecular weight excluding hydrogens is 292 g/mol. The topological polar surface area (TPSA) is 71.5 Å². The molecule has 1 aromatic rings. The zero-order chi connectivity index (χ0) is 15.2. The summed E-state index contributed by atoms with van der Waals surface area (Å²) in [6.07, 6.45) is 5.49. The summed E-state index contributed by atoms with van der Waals surface area (Å²) < 4.78 is 5.25. The number of hydrogen-bond acceptors (Lipinski definition) is 4. The van der Waals surface area contributed by atoms with Crippen LogP contribution in [0.25, 0.3) is 0 Å². The average molecular weight is 313 g/mol. The number of carbonyl (C=O) groups excluding carboxylic acids is 1. The lowest BCUT2D eigenvalue weighted by Crippen LogP contribution is -2.43. The molecule has 21 heavy (non-hydrogen) atoms. The van der Waals surface area contributed by atoms with Gasteiger partial charge in [-0.1, -0.05) is 24.4 Å². The maximum absolute atomic E-state index is 12.3. The molecule has 2 rings (SSSR count). The summed E-state index contributed by atoms with van der Waals surface area (Å²) in [5.41, 5.74) is 0.408. The fourth-order valence-corrected chi connectivity index (χ4v) is 2.88. The standard InChI is InChI=1S/C15H21ClN2O3/c1-2-21-15-12(16)7-11(8-17-15)14(20)18-13-6-4-3-5-10(13)9-19/h7-8,10,13,19H,2-6,9H2,1H3,(H,18,20). The lowest BCUT2D eigenvalue weighted by molar-refractivity contribution is 0.0872.